The van der Waals surface area contributed by atoms with Crippen LogP contribution in [0.3, 0.4) is 0 Å². The van der Waals surface area contributed by atoms with Gasteiger partial charge in [0.15, 0.2) is 0 Å². The molecule has 0 atom stereocenters. The number of aryl methyl sites for hydroxylation is 1. The van der Waals surface area contributed by atoms with E-state index in [1.165, 1.54) is 17.8 Å². The van der Waals surface area contributed by atoms with Gasteiger partial charge in [-0.3, -0.25) is 15.1 Å². The van der Waals surface area contributed by atoms with E-state index in [4.69, 9.17) is 11.6 Å². The van der Waals surface area contributed by atoms with Gasteiger partial charge in [-0.05, 0) is 30.2 Å². The molecule has 0 aliphatic heterocycles. The summed E-state index contributed by atoms with van der Waals surface area (Å²) in [6.07, 6.45) is 2.29. The van der Waals surface area contributed by atoms with Crippen LogP contribution in [0, 0.1) is 10.1 Å². The number of nitrogens with zero attached hydrogens (tertiary/aromatic N) is 2. The van der Waals surface area contributed by atoms with Crippen molar-refractivity contribution >= 4 is 29.2 Å². The van der Waals surface area contributed by atoms with Crippen LogP contribution in [0.5, 0.6) is 5.75 Å². The highest BCUT2D eigenvalue weighted by atomic mass is 35.5. The molecule has 108 valence electrons. The summed E-state index contributed by atoms with van der Waals surface area (Å²) in [5, 5.41) is 20.8. The average Bonchev–Trinajstić information content (AvgIpc) is 2.48. The second kappa shape index (κ2) is 6.37. The average molecular weight is 305 g/mol. The molecule has 0 radical (unpaired) electrons. The van der Waals surface area contributed by atoms with E-state index in [2.05, 4.69) is 11.9 Å². The number of nitro benzene ring substituents is 1. The van der Waals surface area contributed by atoms with Crippen LogP contribution in [0.25, 0.3) is 0 Å². The first-order valence-electron chi connectivity index (χ1n) is 6.31. The maximum atomic E-state index is 10.8. The number of phenolic OH excluding ortho intramolecular Hbond substituents is 1. The molecule has 0 spiro atoms. The van der Waals surface area contributed by atoms with Crippen LogP contribution >= 0.6 is 11.6 Å². The summed E-state index contributed by atoms with van der Waals surface area (Å²) < 4.78 is 0. The number of halogens is 1. The van der Waals surface area contributed by atoms with Gasteiger partial charge in [-0.1, -0.05) is 30.7 Å². The summed E-state index contributed by atoms with van der Waals surface area (Å²) in [5.74, 6) is -0.446. The first-order chi connectivity index (χ1) is 10.0. The molecule has 2 aromatic carbocycles. The van der Waals surface area contributed by atoms with Crippen LogP contribution in [-0.4, -0.2) is 16.2 Å². The van der Waals surface area contributed by atoms with Crippen LogP contribution < -0.4 is 0 Å². The first kappa shape index (κ1) is 15.0. The third kappa shape index (κ3) is 3.58. The number of phenols is 1. The van der Waals surface area contributed by atoms with E-state index in [1.807, 2.05) is 24.3 Å². The second-order valence-corrected chi connectivity index (χ2v) is 4.83. The van der Waals surface area contributed by atoms with E-state index < -0.39 is 16.4 Å². The molecule has 0 aromatic heterocycles. The Bertz CT molecular complexity index is 697. The van der Waals surface area contributed by atoms with Crippen LogP contribution in [0.1, 0.15) is 18.1 Å². The number of hydrogen-bond donors (Lipinski definition) is 1. The third-order valence-corrected chi connectivity index (χ3v) is 3.20. The molecule has 21 heavy (non-hydrogen) atoms. The monoisotopic (exact) mass is 304 g/mol. The Kier molecular flexibility index (Phi) is 4.55. The van der Waals surface area contributed by atoms with Gasteiger partial charge in [-0.2, -0.15) is 0 Å². The molecule has 2 aromatic rings. The standard InChI is InChI=1S/C15H13ClN2O3/c1-2-10-3-5-13(6-4-10)17-9-11-7-12(16)8-14(15(11)19)18(20)21/h3-9,19H,2H2,1H3. The highest BCUT2D eigenvalue weighted by molar-refractivity contribution is 6.31. The van der Waals surface area contributed by atoms with Crippen molar-refractivity contribution < 1.29 is 10.0 Å². The van der Waals surface area contributed by atoms with Crippen LogP contribution in [-0.2, 0) is 6.42 Å². The summed E-state index contributed by atoms with van der Waals surface area (Å²) in [7, 11) is 0. The topological polar surface area (TPSA) is 75.7 Å². The van der Waals surface area contributed by atoms with Crippen molar-refractivity contribution in [1.29, 1.82) is 0 Å². The smallest absolute Gasteiger partial charge is 0.312 e. The molecule has 0 saturated heterocycles. The van der Waals surface area contributed by atoms with E-state index in [9.17, 15) is 15.2 Å². The molecular weight excluding hydrogens is 292 g/mol. The van der Waals surface area contributed by atoms with Crippen LogP contribution in [0.2, 0.25) is 5.02 Å². The highest BCUT2D eigenvalue weighted by Crippen LogP contribution is 2.32. The van der Waals surface area contributed by atoms with Gasteiger partial charge in [-0.15, -0.1) is 0 Å². The van der Waals surface area contributed by atoms with Crippen molar-refractivity contribution in [3.63, 3.8) is 0 Å². The maximum Gasteiger partial charge on any atom is 0.312 e. The number of hydrogen-bond acceptors (Lipinski definition) is 4. The molecule has 5 nitrogen and oxygen atoms in total. The zero-order valence-corrected chi connectivity index (χ0v) is 12.0. The van der Waals surface area contributed by atoms with Gasteiger partial charge in [0.05, 0.1) is 10.6 Å². The van der Waals surface area contributed by atoms with E-state index in [0.29, 0.717) is 5.69 Å². The zero-order valence-electron chi connectivity index (χ0n) is 11.3. The molecule has 0 bridgehead atoms. The van der Waals surface area contributed by atoms with Crippen molar-refractivity contribution in [3.05, 3.63) is 62.7 Å². The highest BCUT2D eigenvalue weighted by Gasteiger charge is 2.17. The van der Waals surface area contributed by atoms with Gasteiger partial charge >= 0.3 is 5.69 Å². The molecule has 0 heterocycles. The largest absolute Gasteiger partial charge is 0.502 e. The van der Waals surface area contributed by atoms with E-state index in [-0.39, 0.29) is 10.6 Å². The normalized spacial score (nSPS) is 11.0. The Morgan fingerprint density at radius 3 is 2.57 bits per heavy atom. The fraction of sp³-hybridized carbons (Fsp3) is 0.133. The van der Waals surface area contributed by atoms with Crippen molar-refractivity contribution in [2.45, 2.75) is 13.3 Å². The SMILES string of the molecule is CCc1ccc(N=Cc2cc(Cl)cc([N+](=O)[O-])c2O)cc1. The molecule has 0 saturated carbocycles. The lowest BCUT2D eigenvalue weighted by Crippen LogP contribution is -1.92. The number of aromatic hydroxyl groups is 1. The Morgan fingerprint density at radius 1 is 1.33 bits per heavy atom. The predicted molar refractivity (Wildman–Crippen MR) is 82.8 cm³/mol. The molecule has 0 aliphatic carbocycles. The van der Waals surface area contributed by atoms with E-state index >= 15 is 0 Å². The number of benzene rings is 2. The van der Waals surface area contributed by atoms with Gasteiger partial charge in [-0.25, -0.2) is 0 Å². The third-order valence-electron chi connectivity index (χ3n) is 2.98. The van der Waals surface area contributed by atoms with Crippen LogP contribution in [0.15, 0.2) is 41.4 Å². The Labute approximate surface area is 126 Å². The molecule has 6 heteroatoms. The quantitative estimate of drug-likeness (QED) is 0.520. The fourth-order valence-corrected chi connectivity index (χ4v) is 2.03. The van der Waals surface area contributed by atoms with Crippen LogP contribution in [0.4, 0.5) is 11.4 Å². The molecular formula is C15H13ClN2O3. The molecule has 0 fully saturated rings. The Balaban J connectivity index is 2.33. The molecule has 0 unspecified atom stereocenters. The molecule has 0 amide bonds. The first-order valence-corrected chi connectivity index (χ1v) is 6.69. The molecule has 1 N–H and O–H groups in total. The van der Waals surface area contributed by atoms with E-state index in [1.54, 1.807) is 0 Å². The zero-order chi connectivity index (χ0) is 15.4. The minimum atomic E-state index is -0.686. The van der Waals surface area contributed by atoms with Gasteiger partial charge in [0.25, 0.3) is 0 Å². The molecule has 0 aliphatic rings. The van der Waals surface area contributed by atoms with Crippen molar-refractivity contribution in [1.82, 2.24) is 0 Å². The fourth-order valence-electron chi connectivity index (χ4n) is 1.80. The summed E-state index contributed by atoms with van der Waals surface area (Å²) in [4.78, 5) is 14.3. The Morgan fingerprint density at radius 2 is 2.00 bits per heavy atom. The van der Waals surface area contributed by atoms with Gasteiger partial charge in [0.2, 0.25) is 5.75 Å². The van der Waals surface area contributed by atoms with Crippen molar-refractivity contribution in [3.8, 4) is 5.75 Å². The summed E-state index contributed by atoms with van der Waals surface area (Å²) in [6.45, 7) is 2.06. The van der Waals surface area contributed by atoms with Crippen molar-refractivity contribution in [2.24, 2.45) is 4.99 Å². The minimum Gasteiger partial charge on any atom is -0.502 e. The summed E-state index contributed by atoms with van der Waals surface area (Å²) in [6, 6.07) is 10.1. The van der Waals surface area contributed by atoms with Gasteiger partial charge in [0.1, 0.15) is 0 Å². The molecule has 2 rings (SSSR count). The number of rotatable bonds is 4. The lowest BCUT2D eigenvalue weighted by molar-refractivity contribution is -0.385. The second-order valence-electron chi connectivity index (χ2n) is 4.40. The van der Waals surface area contributed by atoms with Crippen molar-refractivity contribution in [2.75, 3.05) is 0 Å². The number of nitro groups is 1. The number of aliphatic imine (C=N–C) groups is 1. The predicted octanol–water partition coefficient (Wildman–Crippen LogP) is 4.27. The lowest BCUT2D eigenvalue weighted by atomic mass is 10.1. The summed E-state index contributed by atoms with van der Waals surface area (Å²) >= 11 is 5.81. The lowest BCUT2D eigenvalue weighted by Gasteiger charge is -2.02. The van der Waals surface area contributed by atoms with Gasteiger partial charge < -0.3 is 5.11 Å². The Hall–Kier alpha value is -2.40. The minimum absolute atomic E-state index is 0.169. The maximum absolute atomic E-state index is 10.8. The van der Waals surface area contributed by atoms with Gasteiger partial charge in [0, 0.05) is 22.9 Å². The summed E-state index contributed by atoms with van der Waals surface area (Å²) in [5.41, 5.74) is 1.64. The van der Waals surface area contributed by atoms with E-state index in [0.717, 1.165) is 12.5 Å².